The summed E-state index contributed by atoms with van der Waals surface area (Å²) in [6, 6.07) is 17.3. The zero-order chi connectivity index (χ0) is 28.8. The van der Waals surface area contributed by atoms with Crippen LogP contribution in [0.5, 0.6) is 5.75 Å². The van der Waals surface area contributed by atoms with E-state index in [0.717, 1.165) is 63.2 Å². The normalized spacial score (nSPS) is 18.5. The quantitative estimate of drug-likeness (QED) is 0.0764. The Hall–Kier alpha value is -3.08. The molecule has 2 aromatic carbocycles. The molecule has 0 N–H and O–H groups in total. The van der Waals surface area contributed by atoms with Crippen molar-refractivity contribution in [3.05, 3.63) is 66.7 Å². The van der Waals surface area contributed by atoms with Crippen molar-refractivity contribution >= 4 is 11.9 Å². The van der Waals surface area contributed by atoms with E-state index in [4.69, 9.17) is 14.2 Å². The third kappa shape index (κ3) is 8.97. The molecule has 0 bridgehead atoms. The highest BCUT2D eigenvalue weighted by molar-refractivity contribution is 6.04. The van der Waals surface area contributed by atoms with Gasteiger partial charge in [-0.2, -0.15) is 0 Å². The zero-order valence-electron chi connectivity index (χ0n) is 24.8. The van der Waals surface area contributed by atoms with Gasteiger partial charge in [0.25, 0.3) is 0 Å². The number of esters is 2. The number of unbranched alkanes of at least 4 members (excludes halogenated alkanes) is 6. The lowest BCUT2D eigenvalue weighted by molar-refractivity contribution is -0.165. The molecule has 1 aliphatic rings. The molecule has 5 nitrogen and oxygen atoms in total. The smallest absolute Gasteiger partial charge is 0.324 e. The molecule has 3 unspecified atom stereocenters. The van der Waals surface area contributed by atoms with Crippen LogP contribution in [0.1, 0.15) is 84.1 Å². The van der Waals surface area contributed by atoms with Gasteiger partial charge in [-0.05, 0) is 67.3 Å². The molecular formula is C35H48O5. The Bertz CT molecular complexity index is 1060. The summed E-state index contributed by atoms with van der Waals surface area (Å²) in [4.78, 5) is 24.7. The molecule has 3 rings (SSSR count). The first-order valence-electron chi connectivity index (χ1n) is 15.2. The van der Waals surface area contributed by atoms with Crippen molar-refractivity contribution in [1.29, 1.82) is 0 Å². The molecule has 40 heavy (non-hydrogen) atoms. The molecule has 5 heteroatoms. The van der Waals surface area contributed by atoms with Gasteiger partial charge < -0.3 is 14.2 Å². The summed E-state index contributed by atoms with van der Waals surface area (Å²) in [7, 11) is 0. The number of hydrogen-bond donors (Lipinski definition) is 0. The average molecular weight is 549 g/mol. The Balaban J connectivity index is 1.21. The van der Waals surface area contributed by atoms with Crippen LogP contribution < -0.4 is 4.74 Å². The third-order valence-corrected chi connectivity index (χ3v) is 8.02. The first-order chi connectivity index (χ1) is 19.4. The second-order valence-corrected chi connectivity index (χ2v) is 11.1. The molecule has 3 atom stereocenters. The van der Waals surface area contributed by atoms with Gasteiger partial charge in [0, 0.05) is 5.92 Å². The average Bonchev–Trinajstić information content (AvgIpc) is 3.73. The van der Waals surface area contributed by atoms with Crippen LogP contribution in [0.15, 0.2) is 61.2 Å². The van der Waals surface area contributed by atoms with Crippen molar-refractivity contribution in [2.24, 2.45) is 17.3 Å². The summed E-state index contributed by atoms with van der Waals surface area (Å²) >= 11 is 0. The van der Waals surface area contributed by atoms with Crippen LogP contribution in [0.25, 0.3) is 11.1 Å². The maximum Gasteiger partial charge on any atom is 0.324 e. The van der Waals surface area contributed by atoms with E-state index in [9.17, 15) is 9.59 Å². The van der Waals surface area contributed by atoms with Crippen molar-refractivity contribution in [1.82, 2.24) is 0 Å². The zero-order valence-corrected chi connectivity index (χ0v) is 24.8. The van der Waals surface area contributed by atoms with Gasteiger partial charge in [0.2, 0.25) is 0 Å². The Morgan fingerprint density at radius 3 is 1.95 bits per heavy atom. The number of carbonyl (C=O) groups excluding carboxylic acids is 2. The lowest BCUT2D eigenvalue weighted by atomic mass is 9.97. The van der Waals surface area contributed by atoms with Crippen LogP contribution in [-0.4, -0.2) is 31.8 Å². The fourth-order valence-electron chi connectivity index (χ4n) is 5.08. The Kier molecular flexibility index (Phi) is 12.8. The first-order valence-corrected chi connectivity index (χ1v) is 15.2. The SMILES string of the molecule is C=CC1CC1(C(=O)OCC)C(=O)OCCCCCCCCCOc1ccc(-c2ccc(CC(C)CC)cc2)cc1. The Labute approximate surface area is 241 Å². The van der Waals surface area contributed by atoms with Crippen LogP contribution in [0.4, 0.5) is 0 Å². The summed E-state index contributed by atoms with van der Waals surface area (Å²) < 4.78 is 16.5. The molecule has 0 aromatic heterocycles. The highest BCUT2D eigenvalue weighted by Gasteiger charge is 2.67. The van der Waals surface area contributed by atoms with Crippen LogP contribution in [0.2, 0.25) is 0 Å². The van der Waals surface area contributed by atoms with Gasteiger partial charge in [-0.25, -0.2) is 0 Å². The molecule has 0 saturated heterocycles. The Morgan fingerprint density at radius 1 is 0.850 bits per heavy atom. The van der Waals surface area contributed by atoms with E-state index >= 15 is 0 Å². The minimum atomic E-state index is -1.15. The monoisotopic (exact) mass is 548 g/mol. The lowest BCUT2D eigenvalue weighted by Gasteiger charge is -2.14. The molecule has 1 fully saturated rings. The number of allylic oxidation sites excluding steroid dienone is 1. The largest absolute Gasteiger partial charge is 0.494 e. The number of carbonyl (C=O) groups is 2. The topological polar surface area (TPSA) is 61.8 Å². The van der Waals surface area contributed by atoms with Gasteiger partial charge in [-0.1, -0.05) is 94.8 Å². The molecule has 1 saturated carbocycles. The molecule has 0 amide bonds. The number of benzene rings is 2. The van der Waals surface area contributed by atoms with E-state index in [0.29, 0.717) is 13.0 Å². The van der Waals surface area contributed by atoms with Gasteiger partial charge in [-0.15, -0.1) is 6.58 Å². The summed E-state index contributed by atoms with van der Waals surface area (Å²) in [5, 5.41) is 0. The van der Waals surface area contributed by atoms with E-state index in [-0.39, 0.29) is 12.5 Å². The van der Waals surface area contributed by atoms with E-state index in [1.54, 1.807) is 13.0 Å². The van der Waals surface area contributed by atoms with E-state index in [2.05, 4.69) is 69.0 Å². The molecule has 0 heterocycles. The van der Waals surface area contributed by atoms with E-state index in [1.807, 2.05) is 0 Å². The molecular weight excluding hydrogens is 500 g/mol. The van der Waals surface area contributed by atoms with E-state index < -0.39 is 17.4 Å². The summed E-state index contributed by atoms with van der Waals surface area (Å²) in [5.41, 5.74) is 2.70. The van der Waals surface area contributed by atoms with Crippen LogP contribution in [0.3, 0.4) is 0 Å². The van der Waals surface area contributed by atoms with Crippen molar-refractivity contribution in [2.45, 2.75) is 85.0 Å². The van der Waals surface area contributed by atoms with Crippen LogP contribution in [0, 0.1) is 17.3 Å². The van der Waals surface area contributed by atoms with Gasteiger partial charge in [0.05, 0.1) is 19.8 Å². The molecule has 2 aromatic rings. The lowest BCUT2D eigenvalue weighted by Crippen LogP contribution is -2.31. The second kappa shape index (κ2) is 16.2. The van der Waals surface area contributed by atoms with E-state index in [1.165, 1.54) is 29.5 Å². The first kappa shape index (κ1) is 31.4. The Morgan fingerprint density at radius 2 is 1.40 bits per heavy atom. The van der Waals surface area contributed by atoms with Crippen molar-refractivity contribution in [3.63, 3.8) is 0 Å². The number of ether oxygens (including phenoxy) is 3. The van der Waals surface area contributed by atoms with Gasteiger partial charge in [0.15, 0.2) is 5.41 Å². The fourth-order valence-corrected chi connectivity index (χ4v) is 5.08. The van der Waals surface area contributed by atoms with Gasteiger partial charge >= 0.3 is 11.9 Å². The standard InChI is InChI=1S/C35H48O5/c1-5-27(4)25-28-15-17-29(18-16-28)30-19-21-32(22-20-30)39-23-13-11-9-8-10-12-14-24-40-34(37)35(26-31(35)6-2)33(36)38-7-3/h6,15-22,27,31H,2,5,7-14,23-26H2,1,3-4H3. The molecule has 0 aliphatic heterocycles. The van der Waals surface area contributed by atoms with Crippen molar-refractivity contribution in [2.75, 3.05) is 19.8 Å². The highest BCUT2D eigenvalue weighted by Crippen LogP contribution is 2.55. The summed E-state index contributed by atoms with van der Waals surface area (Å²) in [6.45, 7) is 11.3. The van der Waals surface area contributed by atoms with Crippen molar-refractivity contribution < 1.29 is 23.8 Å². The number of hydrogen-bond acceptors (Lipinski definition) is 5. The molecule has 1 aliphatic carbocycles. The highest BCUT2D eigenvalue weighted by atomic mass is 16.6. The maximum atomic E-state index is 12.5. The minimum absolute atomic E-state index is 0.176. The maximum absolute atomic E-state index is 12.5. The fraction of sp³-hybridized carbons (Fsp3) is 0.543. The minimum Gasteiger partial charge on any atom is -0.494 e. The van der Waals surface area contributed by atoms with Crippen molar-refractivity contribution in [3.8, 4) is 16.9 Å². The predicted octanol–water partition coefficient (Wildman–Crippen LogP) is 8.35. The summed E-state index contributed by atoms with van der Waals surface area (Å²) in [5.74, 6) is 0.519. The third-order valence-electron chi connectivity index (χ3n) is 8.02. The molecule has 218 valence electrons. The molecule has 0 radical (unpaired) electrons. The van der Waals surface area contributed by atoms with Crippen LogP contribution >= 0.6 is 0 Å². The predicted molar refractivity (Wildman–Crippen MR) is 161 cm³/mol. The summed E-state index contributed by atoms with van der Waals surface area (Å²) in [6.07, 6.45) is 11.9. The van der Waals surface area contributed by atoms with Gasteiger partial charge in [-0.3, -0.25) is 9.59 Å². The second-order valence-electron chi connectivity index (χ2n) is 11.1. The van der Waals surface area contributed by atoms with Gasteiger partial charge in [0.1, 0.15) is 5.75 Å². The molecule has 0 spiro atoms. The number of rotatable bonds is 19. The van der Waals surface area contributed by atoms with Crippen LogP contribution in [-0.2, 0) is 25.5 Å².